The molecule has 0 spiro atoms. The largest absolute Gasteiger partial charge is 0.353 e. The van der Waals surface area contributed by atoms with E-state index in [1.807, 2.05) is 12.4 Å². The maximum atomic E-state index is 4.18. The molecule has 0 aliphatic carbocycles. The van der Waals surface area contributed by atoms with E-state index in [1.165, 1.54) is 32.5 Å². The molecule has 3 heteroatoms. The minimum absolute atomic E-state index is 1.10. The molecule has 0 aliphatic heterocycles. The van der Waals surface area contributed by atoms with Gasteiger partial charge < -0.3 is 4.98 Å². The first-order valence-electron chi connectivity index (χ1n) is 6.08. The van der Waals surface area contributed by atoms with Gasteiger partial charge in [-0.15, -0.1) is 0 Å². The Labute approximate surface area is 105 Å². The summed E-state index contributed by atoms with van der Waals surface area (Å²) in [4.78, 5) is 7.63. The lowest BCUT2D eigenvalue weighted by Gasteiger charge is -2.04. The summed E-state index contributed by atoms with van der Waals surface area (Å²) in [6.45, 7) is 0. The molecule has 0 radical (unpaired) electrons. The number of H-pyrrole nitrogens is 1. The van der Waals surface area contributed by atoms with Crippen LogP contribution in [0.2, 0.25) is 0 Å². The van der Waals surface area contributed by atoms with Crippen LogP contribution in [0.25, 0.3) is 32.6 Å². The summed E-state index contributed by atoms with van der Waals surface area (Å²) in [5.41, 5.74) is 3.59. The molecule has 2 nitrogen and oxygen atoms in total. The van der Waals surface area contributed by atoms with Crippen LogP contribution in [0, 0.1) is 0 Å². The summed E-state index contributed by atoms with van der Waals surface area (Å²) >= 11 is 0. The molecule has 84 valence electrons. The number of benzene rings is 2. The molecule has 0 saturated carbocycles. The van der Waals surface area contributed by atoms with Crippen molar-refractivity contribution in [3.63, 3.8) is 0 Å². The number of rotatable bonds is 0. The van der Waals surface area contributed by atoms with Crippen LogP contribution >= 0.6 is 0 Å². The molecule has 1 N–H and O–H groups in total. The Bertz CT molecular complexity index is 893. The van der Waals surface area contributed by atoms with E-state index in [0.717, 1.165) is 5.52 Å². The van der Waals surface area contributed by atoms with E-state index in [-0.39, 0.29) is 0 Å². The zero-order chi connectivity index (χ0) is 12.1. The van der Waals surface area contributed by atoms with Crippen molar-refractivity contribution in [2.45, 2.75) is 0 Å². The van der Waals surface area contributed by atoms with E-state index in [2.05, 4.69) is 54.2 Å². The SMILES string of the molecule is Bc1cc2[nH]c3cnccc3c2c2ccccc12. The summed E-state index contributed by atoms with van der Waals surface area (Å²) in [5.74, 6) is 0. The molecule has 0 unspecified atom stereocenters. The standard InChI is InChI=1S/C15H11BN2/c16-12-7-13-15(10-4-2-1-3-9(10)12)11-5-6-17-8-14(11)18-13/h1-8,18H,16H2. The van der Waals surface area contributed by atoms with Crippen molar-refractivity contribution in [1.29, 1.82) is 0 Å². The Morgan fingerprint density at radius 2 is 1.78 bits per heavy atom. The van der Waals surface area contributed by atoms with E-state index in [0.29, 0.717) is 0 Å². The fourth-order valence-electron chi connectivity index (χ4n) is 2.80. The predicted molar refractivity (Wildman–Crippen MR) is 79.3 cm³/mol. The highest BCUT2D eigenvalue weighted by molar-refractivity contribution is 6.42. The Morgan fingerprint density at radius 3 is 2.67 bits per heavy atom. The number of fused-ring (bicyclic) bond motifs is 5. The second-order valence-corrected chi connectivity index (χ2v) is 4.71. The molecular formula is C15H11BN2. The summed E-state index contributed by atoms with van der Waals surface area (Å²) in [7, 11) is 2.16. The smallest absolute Gasteiger partial charge is 0.140 e. The minimum Gasteiger partial charge on any atom is -0.353 e. The molecule has 0 fully saturated rings. The van der Waals surface area contributed by atoms with Gasteiger partial charge in [0.1, 0.15) is 7.85 Å². The highest BCUT2D eigenvalue weighted by Crippen LogP contribution is 2.30. The zero-order valence-corrected chi connectivity index (χ0v) is 10.1. The second kappa shape index (κ2) is 3.36. The third kappa shape index (κ3) is 1.16. The van der Waals surface area contributed by atoms with Crippen LogP contribution in [-0.2, 0) is 0 Å². The molecule has 0 aliphatic rings. The quantitative estimate of drug-likeness (QED) is 0.460. The van der Waals surface area contributed by atoms with Gasteiger partial charge in [0.15, 0.2) is 0 Å². The van der Waals surface area contributed by atoms with Gasteiger partial charge in [-0.2, -0.15) is 0 Å². The fraction of sp³-hybridized carbons (Fsp3) is 0. The van der Waals surface area contributed by atoms with Crippen LogP contribution in [0.4, 0.5) is 0 Å². The lowest BCUT2D eigenvalue weighted by atomic mass is 9.88. The topological polar surface area (TPSA) is 28.7 Å². The second-order valence-electron chi connectivity index (χ2n) is 4.71. The van der Waals surface area contributed by atoms with Crippen LogP contribution < -0.4 is 5.46 Å². The van der Waals surface area contributed by atoms with Crippen molar-refractivity contribution >= 4 is 45.9 Å². The number of aromatic nitrogens is 2. The highest BCUT2D eigenvalue weighted by Gasteiger charge is 2.09. The van der Waals surface area contributed by atoms with Crippen LogP contribution in [0.5, 0.6) is 0 Å². The van der Waals surface area contributed by atoms with Crippen molar-refractivity contribution in [2.24, 2.45) is 0 Å². The van der Waals surface area contributed by atoms with E-state index in [1.54, 1.807) is 0 Å². The van der Waals surface area contributed by atoms with Gasteiger partial charge in [-0.1, -0.05) is 29.7 Å². The van der Waals surface area contributed by atoms with Gasteiger partial charge in [0.05, 0.1) is 11.7 Å². The maximum Gasteiger partial charge on any atom is 0.140 e. The average molecular weight is 230 g/mol. The number of aromatic amines is 1. The first kappa shape index (κ1) is 9.72. The molecule has 0 atom stereocenters. The first-order chi connectivity index (χ1) is 8.84. The molecule has 2 aromatic carbocycles. The minimum atomic E-state index is 1.10. The monoisotopic (exact) mass is 230 g/mol. The molecule has 18 heavy (non-hydrogen) atoms. The van der Waals surface area contributed by atoms with Crippen molar-refractivity contribution in [2.75, 3.05) is 0 Å². The normalized spacial score (nSPS) is 11.6. The van der Waals surface area contributed by atoms with E-state index in [9.17, 15) is 0 Å². The van der Waals surface area contributed by atoms with Crippen molar-refractivity contribution < 1.29 is 0 Å². The van der Waals surface area contributed by atoms with Crippen LogP contribution in [0.1, 0.15) is 0 Å². The van der Waals surface area contributed by atoms with Crippen LogP contribution in [0.15, 0.2) is 48.8 Å². The van der Waals surface area contributed by atoms with Gasteiger partial charge in [-0.3, -0.25) is 4.98 Å². The number of pyridine rings is 1. The number of nitrogens with one attached hydrogen (secondary N) is 1. The Balaban J connectivity index is 2.39. The Hall–Kier alpha value is -2.29. The zero-order valence-electron chi connectivity index (χ0n) is 10.1. The Morgan fingerprint density at radius 1 is 0.944 bits per heavy atom. The van der Waals surface area contributed by atoms with Crippen LogP contribution in [-0.4, -0.2) is 17.8 Å². The molecule has 0 bridgehead atoms. The van der Waals surface area contributed by atoms with E-state index >= 15 is 0 Å². The number of hydrogen-bond donors (Lipinski definition) is 1. The third-order valence-electron chi connectivity index (χ3n) is 3.61. The van der Waals surface area contributed by atoms with Gasteiger partial charge in [0.25, 0.3) is 0 Å². The fourth-order valence-corrected chi connectivity index (χ4v) is 2.80. The van der Waals surface area contributed by atoms with Crippen molar-refractivity contribution in [3.05, 3.63) is 48.8 Å². The van der Waals surface area contributed by atoms with Gasteiger partial charge in [-0.05, 0) is 22.9 Å². The van der Waals surface area contributed by atoms with Crippen molar-refractivity contribution in [3.8, 4) is 0 Å². The van der Waals surface area contributed by atoms with Crippen molar-refractivity contribution in [1.82, 2.24) is 9.97 Å². The molecule has 2 heterocycles. The highest BCUT2D eigenvalue weighted by atomic mass is 14.7. The molecule has 0 saturated heterocycles. The summed E-state index contributed by atoms with van der Waals surface area (Å²) < 4.78 is 0. The number of nitrogens with zero attached hydrogens (tertiary/aromatic N) is 1. The molecule has 0 amide bonds. The third-order valence-corrected chi connectivity index (χ3v) is 3.61. The summed E-state index contributed by atoms with van der Waals surface area (Å²) in [6, 6.07) is 12.9. The molecule has 4 aromatic rings. The molecule has 4 rings (SSSR count). The average Bonchev–Trinajstić information content (AvgIpc) is 2.77. The lowest BCUT2D eigenvalue weighted by molar-refractivity contribution is 1.35. The molecule has 2 aromatic heterocycles. The van der Waals surface area contributed by atoms with E-state index in [4.69, 9.17) is 0 Å². The van der Waals surface area contributed by atoms with E-state index < -0.39 is 0 Å². The first-order valence-corrected chi connectivity index (χ1v) is 6.08. The van der Waals surface area contributed by atoms with Crippen LogP contribution in [0.3, 0.4) is 0 Å². The lowest BCUT2D eigenvalue weighted by Crippen LogP contribution is -2.03. The van der Waals surface area contributed by atoms with Gasteiger partial charge in [-0.25, -0.2) is 0 Å². The predicted octanol–water partition coefficient (Wildman–Crippen LogP) is 2.13. The van der Waals surface area contributed by atoms with Gasteiger partial charge in [0.2, 0.25) is 0 Å². The number of hydrogen-bond acceptors (Lipinski definition) is 1. The maximum absolute atomic E-state index is 4.18. The van der Waals surface area contributed by atoms with Gasteiger partial charge in [0, 0.05) is 22.5 Å². The summed E-state index contributed by atoms with van der Waals surface area (Å²) in [6.07, 6.45) is 3.74. The summed E-state index contributed by atoms with van der Waals surface area (Å²) in [5, 5.41) is 5.18. The molecular weight excluding hydrogens is 219 g/mol. The Kier molecular flexibility index (Phi) is 1.81. The van der Waals surface area contributed by atoms with Gasteiger partial charge >= 0.3 is 0 Å².